The van der Waals surface area contributed by atoms with E-state index < -0.39 is 0 Å². The van der Waals surface area contributed by atoms with Crippen LogP contribution in [0.5, 0.6) is 0 Å². The van der Waals surface area contributed by atoms with E-state index in [1.54, 1.807) is 0 Å². The summed E-state index contributed by atoms with van der Waals surface area (Å²) in [5, 5.41) is 3.36. The van der Waals surface area contributed by atoms with E-state index in [9.17, 15) is 4.79 Å². The average molecular weight is 254 g/mol. The third-order valence-corrected chi connectivity index (χ3v) is 4.32. The van der Waals surface area contributed by atoms with Crippen molar-refractivity contribution >= 4 is 5.97 Å². The highest BCUT2D eigenvalue weighted by Gasteiger charge is 2.32. The van der Waals surface area contributed by atoms with Gasteiger partial charge in [-0.25, -0.2) is 0 Å². The Kier molecular flexibility index (Phi) is 5.45. The lowest BCUT2D eigenvalue weighted by Gasteiger charge is -2.28. The molecule has 18 heavy (non-hydrogen) atoms. The molecule has 2 rings (SSSR count). The van der Waals surface area contributed by atoms with Crippen LogP contribution in [0.1, 0.15) is 32.1 Å². The number of carbonyl (C=O) groups excluding carboxylic acids is 1. The van der Waals surface area contributed by atoms with Crippen molar-refractivity contribution in [2.45, 2.75) is 32.1 Å². The minimum atomic E-state index is -0.0204. The summed E-state index contributed by atoms with van der Waals surface area (Å²) in [7, 11) is 1.51. The van der Waals surface area contributed by atoms with Crippen LogP contribution < -0.4 is 5.32 Å². The van der Waals surface area contributed by atoms with E-state index >= 15 is 0 Å². The molecule has 0 aromatic heterocycles. The van der Waals surface area contributed by atoms with Crippen molar-refractivity contribution in [1.82, 2.24) is 10.2 Å². The molecule has 0 radical (unpaired) electrons. The molecule has 4 heteroatoms. The summed E-state index contributed by atoms with van der Waals surface area (Å²) in [4.78, 5) is 14.4. The molecule has 0 aliphatic carbocycles. The summed E-state index contributed by atoms with van der Waals surface area (Å²) < 4.78 is 5.00. The molecular weight excluding hydrogens is 228 g/mol. The lowest BCUT2D eigenvalue weighted by atomic mass is 9.91. The maximum Gasteiger partial charge on any atom is 0.310 e. The Morgan fingerprint density at radius 2 is 2.06 bits per heavy atom. The summed E-state index contributed by atoms with van der Waals surface area (Å²) in [5.41, 5.74) is 0. The number of rotatable bonds is 4. The second-order valence-electron chi connectivity index (χ2n) is 5.60. The third-order valence-electron chi connectivity index (χ3n) is 4.32. The first-order chi connectivity index (χ1) is 8.81. The summed E-state index contributed by atoms with van der Waals surface area (Å²) in [6, 6.07) is 0. The van der Waals surface area contributed by atoms with Gasteiger partial charge in [0.25, 0.3) is 0 Å². The van der Waals surface area contributed by atoms with Crippen LogP contribution in [0.2, 0.25) is 0 Å². The number of nitrogens with one attached hydrogen (secondary N) is 1. The van der Waals surface area contributed by atoms with Gasteiger partial charge in [0.1, 0.15) is 0 Å². The molecule has 2 fully saturated rings. The van der Waals surface area contributed by atoms with Crippen molar-refractivity contribution in [2.75, 3.05) is 39.8 Å². The highest BCUT2D eigenvalue weighted by Crippen LogP contribution is 2.23. The average Bonchev–Trinajstić information content (AvgIpc) is 2.79. The lowest BCUT2D eigenvalue weighted by Crippen LogP contribution is -2.39. The molecular formula is C14H26N2O2. The molecule has 0 amide bonds. The highest BCUT2D eigenvalue weighted by atomic mass is 16.5. The molecule has 1 N–H and O–H groups in total. The Labute approximate surface area is 110 Å². The first-order valence-electron chi connectivity index (χ1n) is 7.32. The fourth-order valence-corrected chi connectivity index (χ4v) is 3.18. The topological polar surface area (TPSA) is 41.6 Å². The van der Waals surface area contributed by atoms with Crippen LogP contribution in [-0.4, -0.2) is 50.7 Å². The van der Waals surface area contributed by atoms with Crippen molar-refractivity contribution in [1.29, 1.82) is 0 Å². The lowest BCUT2D eigenvalue weighted by molar-refractivity contribution is -0.148. The molecule has 2 atom stereocenters. The fourth-order valence-electron chi connectivity index (χ4n) is 3.18. The van der Waals surface area contributed by atoms with Crippen LogP contribution in [0.4, 0.5) is 0 Å². The molecule has 0 aromatic carbocycles. The normalized spacial score (nSPS) is 27.7. The summed E-state index contributed by atoms with van der Waals surface area (Å²) >= 11 is 0. The van der Waals surface area contributed by atoms with Gasteiger partial charge < -0.3 is 15.0 Å². The Morgan fingerprint density at radius 3 is 2.61 bits per heavy atom. The zero-order valence-electron chi connectivity index (χ0n) is 11.5. The van der Waals surface area contributed by atoms with Gasteiger partial charge in [0.05, 0.1) is 13.0 Å². The van der Waals surface area contributed by atoms with Crippen LogP contribution in [0.3, 0.4) is 0 Å². The quantitative estimate of drug-likeness (QED) is 0.767. The minimum Gasteiger partial charge on any atom is -0.469 e. The van der Waals surface area contributed by atoms with Crippen molar-refractivity contribution in [3.63, 3.8) is 0 Å². The molecule has 0 spiro atoms. The molecule has 2 aliphatic heterocycles. The van der Waals surface area contributed by atoms with Crippen LogP contribution in [-0.2, 0) is 9.53 Å². The van der Waals surface area contributed by atoms with Crippen LogP contribution in [0.15, 0.2) is 0 Å². The summed E-state index contributed by atoms with van der Waals surface area (Å²) in [6.07, 6.45) is 6.33. The van der Waals surface area contributed by atoms with Gasteiger partial charge >= 0.3 is 5.97 Å². The number of likely N-dealkylation sites (tertiary alicyclic amines) is 1. The zero-order chi connectivity index (χ0) is 12.8. The van der Waals surface area contributed by atoms with E-state index in [-0.39, 0.29) is 11.9 Å². The second-order valence-corrected chi connectivity index (χ2v) is 5.60. The van der Waals surface area contributed by atoms with Gasteiger partial charge in [-0.1, -0.05) is 12.8 Å². The van der Waals surface area contributed by atoms with Crippen molar-refractivity contribution in [2.24, 2.45) is 11.8 Å². The zero-order valence-corrected chi connectivity index (χ0v) is 11.5. The molecule has 2 heterocycles. The smallest absolute Gasteiger partial charge is 0.310 e. The third kappa shape index (κ3) is 3.69. The number of esters is 1. The Hall–Kier alpha value is -0.610. The van der Waals surface area contributed by atoms with Crippen molar-refractivity contribution in [3.8, 4) is 0 Å². The predicted octanol–water partition coefficient (Wildman–Crippen LogP) is 1.26. The van der Waals surface area contributed by atoms with Gasteiger partial charge in [0.2, 0.25) is 0 Å². The molecule has 2 aliphatic rings. The van der Waals surface area contributed by atoms with Gasteiger partial charge in [-0.05, 0) is 51.4 Å². The molecule has 104 valence electrons. The highest BCUT2D eigenvalue weighted by molar-refractivity contribution is 5.73. The number of carbonyl (C=O) groups is 1. The van der Waals surface area contributed by atoms with Gasteiger partial charge in [-0.15, -0.1) is 0 Å². The molecule has 4 nitrogen and oxygen atoms in total. The molecule has 2 saturated heterocycles. The van der Waals surface area contributed by atoms with Gasteiger partial charge in [0, 0.05) is 6.54 Å². The van der Waals surface area contributed by atoms with Gasteiger partial charge in [-0.2, -0.15) is 0 Å². The maximum absolute atomic E-state index is 12.0. The largest absolute Gasteiger partial charge is 0.469 e. The van der Waals surface area contributed by atoms with Crippen LogP contribution in [0.25, 0.3) is 0 Å². The Balaban J connectivity index is 1.92. The van der Waals surface area contributed by atoms with E-state index in [1.807, 2.05) is 0 Å². The van der Waals surface area contributed by atoms with Crippen molar-refractivity contribution < 1.29 is 9.53 Å². The first-order valence-corrected chi connectivity index (χ1v) is 7.32. The van der Waals surface area contributed by atoms with E-state index in [0.29, 0.717) is 5.92 Å². The number of ether oxygens (including phenoxy) is 1. The minimum absolute atomic E-state index is 0.0204. The molecule has 2 unspecified atom stereocenters. The number of nitrogens with zero attached hydrogens (tertiary/aromatic N) is 1. The fraction of sp³-hybridized carbons (Fsp3) is 0.929. The van der Waals surface area contributed by atoms with Gasteiger partial charge in [0.15, 0.2) is 0 Å². The molecule has 0 aromatic rings. The second kappa shape index (κ2) is 7.10. The predicted molar refractivity (Wildman–Crippen MR) is 71.4 cm³/mol. The molecule has 0 bridgehead atoms. The van der Waals surface area contributed by atoms with Gasteiger partial charge in [-0.3, -0.25) is 4.79 Å². The standard InChI is InChI=1S/C14H26N2O2/c1-18-14(17)13(12-6-7-15-10-12)11-16-8-4-2-3-5-9-16/h12-13,15H,2-11H2,1H3. The van der Waals surface area contributed by atoms with E-state index in [2.05, 4.69) is 10.2 Å². The monoisotopic (exact) mass is 254 g/mol. The number of hydrogen-bond donors (Lipinski definition) is 1. The van der Waals surface area contributed by atoms with E-state index in [1.165, 1.54) is 32.8 Å². The molecule has 0 saturated carbocycles. The Bertz CT molecular complexity index is 257. The van der Waals surface area contributed by atoms with Crippen LogP contribution >= 0.6 is 0 Å². The maximum atomic E-state index is 12.0. The van der Waals surface area contributed by atoms with Crippen molar-refractivity contribution in [3.05, 3.63) is 0 Å². The van der Waals surface area contributed by atoms with Crippen LogP contribution in [0, 0.1) is 11.8 Å². The number of hydrogen-bond acceptors (Lipinski definition) is 4. The summed E-state index contributed by atoms with van der Waals surface area (Å²) in [5.74, 6) is 0.497. The van der Waals surface area contributed by atoms with E-state index in [0.717, 1.165) is 39.1 Å². The number of methoxy groups -OCH3 is 1. The SMILES string of the molecule is COC(=O)C(CN1CCCCCC1)C1CCNC1. The Morgan fingerprint density at radius 1 is 1.33 bits per heavy atom. The first kappa shape index (κ1) is 13.8. The summed E-state index contributed by atoms with van der Waals surface area (Å²) in [6.45, 7) is 5.19. The van der Waals surface area contributed by atoms with E-state index in [4.69, 9.17) is 4.74 Å².